The first-order valence-corrected chi connectivity index (χ1v) is 7.27. The number of thioether (sulfide) groups is 1. The molecule has 2 N–H and O–H groups in total. The van der Waals surface area contributed by atoms with Gasteiger partial charge in [0.05, 0.1) is 0 Å². The van der Waals surface area contributed by atoms with Crippen LogP contribution in [0.25, 0.3) is 0 Å². The van der Waals surface area contributed by atoms with Gasteiger partial charge < -0.3 is 10.6 Å². The molecule has 0 unspecified atom stereocenters. The van der Waals surface area contributed by atoms with Crippen molar-refractivity contribution in [2.75, 3.05) is 24.6 Å². The van der Waals surface area contributed by atoms with Gasteiger partial charge in [0.2, 0.25) is 0 Å². The summed E-state index contributed by atoms with van der Waals surface area (Å²) in [6.07, 6.45) is 0. The highest BCUT2D eigenvalue weighted by atomic mass is 32.2. The molecule has 1 amide bonds. The van der Waals surface area contributed by atoms with E-state index in [4.69, 9.17) is 5.73 Å². The Morgan fingerprint density at radius 1 is 1.47 bits per heavy atom. The van der Waals surface area contributed by atoms with Crippen molar-refractivity contribution in [1.82, 2.24) is 4.90 Å². The van der Waals surface area contributed by atoms with Crippen molar-refractivity contribution in [2.45, 2.75) is 25.5 Å². The van der Waals surface area contributed by atoms with Gasteiger partial charge in [0.1, 0.15) is 5.82 Å². The number of hydrogen-bond donors (Lipinski definition) is 1. The van der Waals surface area contributed by atoms with Gasteiger partial charge in [0.15, 0.2) is 0 Å². The average Bonchev–Trinajstić information content (AvgIpc) is 2.33. The summed E-state index contributed by atoms with van der Waals surface area (Å²) in [6, 6.07) is 2.85. The SMILES string of the molecule is Cc1c(N)cc(C(=O)N2CCSC(C)(C)C2)cc1F. The molecule has 1 aliphatic rings. The summed E-state index contributed by atoms with van der Waals surface area (Å²) in [5.74, 6) is 0.343. The molecule has 0 atom stereocenters. The van der Waals surface area contributed by atoms with Crippen LogP contribution in [0.2, 0.25) is 0 Å². The van der Waals surface area contributed by atoms with Gasteiger partial charge in [-0.3, -0.25) is 4.79 Å². The molecule has 1 aromatic rings. The zero-order chi connectivity index (χ0) is 14.2. The number of nitrogens with two attached hydrogens (primary N) is 1. The van der Waals surface area contributed by atoms with Crippen molar-refractivity contribution < 1.29 is 9.18 Å². The van der Waals surface area contributed by atoms with Gasteiger partial charge in [-0.2, -0.15) is 11.8 Å². The molecule has 1 saturated heterocycles. The quantitative estimate of drug-likeness (QED) is 0.806. The van der Waals surface area contributed by atoms with E-state index in [2.05, 4.69) is 13.8 Å². The molecule has 0 bridgehead atoms. The summed E-state index contributed by atoms with van der Waals surface area (Å²) in [4.78, 5) is 14.2. The van der Waals surface area contributed by atoms with Crippen LogP contribution in [0.3, 0.4) is 0 Å². The second-order valence-corrected chi connectivity index (χ2v) is 7.31. The fourth-order valence-corrected chi connectivity index (χ4v) is 3.31. The Morgan fingerprint density at radius 3 is 2.74 bits per heavy atom. The largest absolute Gasteiger partial charge is 0.398 e. The van der Waals surface area contributed by atoms with Crippen LogP contribution in [0.4, 0.5) is 10.1 Å². The lowest BCUT2D eigenvalue weighted by Gasteiger charge is -2.37. The van der Waals surface area contributed by atoms with Crippen molar-refractivity contribution in [2.24, 2.45) is 0 Å². The molecule has 19 heavy (non-hydrogen) atoms. The fraction of sp³-hybridized carbons (Fsp3) is 0.500. The highest BCUT2D eigenvalue weighted by molar-refractivity contribution is 8.00. The predicted octanol–water partition coefficient (Wildman–Crippen LogP) is 2.68. The smallest absolute Gasteiger partial charge is 0.254 e. The maximum atomic E-state index is 13.7. The Labute approximate surface area is 117 Å². The van der Waals surface area contributed by atoms with E-state index in [1.807, 2.05) is 11.8 Å². The maximum absolute atomic E-state index is 13.7. The summed E-state index contributed by atoms with van der Waals surface area (Å²) in [6.45, 7) is 7.20. The summed E-state index contributed by atoms with van der Waals surface area (Å²) >= 11 is 1.85. The number of benzene rings is 1. The summed E-state index contributed by atoms with van der Waals surface area (Å²) in [5, 5.41) is 0. The highest BCUT2D eigenvalue weighted by Gasteiger charge is 2.30. The number of halogens is 1. The van der Waals surface area contributed by atoms with Crippen LogP contribution in [0, 0.1) is 12.7 Å². The number of carbonyl (C=O) groups excluding carboxylic acids is 1. The second kappa shape index (κ2) is 5.04. The Balaban J connectivity index is 2.25. The molecule has 2 rings (SSSR count). The number of carbonyl (C=O) groups is 1. The van der Waals surface area contributed by atoms with Crippen LogP contribution in [0.5, 0.6) is 0 Å². The van der Waals surface area contributed by atoms with E-state index in [9.17, 15) is 9.18 Å². The lowest BCUT2D eigenvalue weighted by atomic mass is 10.1. The number of nitrogen functional groups attached to an aromatic ring is 1. The minimum Gasteiger partial charge on any atom is -0.398 e. The Morgan fingerprint density at radius 2 is 2.16 bits per heavy atom. The molecule has 3 nitrogen and oxygen atoms in total. The fourth-order valence-electron chi connectivity index (χ4n) is 2.20. The van der Waals surface area contributed by atoms with E-state index in [-0.39, 0.29) is 10.7 Å². The van der Waals surface area contributed by atoms with Crippen LogP contribution in [0.15, 0.2) is 12.1 Å². The number of nitrogens with zero attached hydrogens (tertiary/aromatic N) is 1. The molecular weight excluding hydrogens is 263 g/mol. The lowest BCUT2D eigenvalue weighted by Crippen LogP contribution is -2.46. The molecule has 1 aromatic carbocycles. The third kappa shape index (κ3) is 3.03. The summed E-state index contributed by atoms with van der Waals surface area (Å²) in [7, 11) is 0. The number of rotatable bonds is 1. The number of anilines is 1. The highest BCUT2D eigenvalue weighted by Crippen LogP contribution is 2.30. The summed E-state index contributed by atoms with van der Waals surface area (Å²) < 4.78 is 13.7. The van der Waals surface area contributed by atoms with Gasteiger partial charge in [-0.15, -0.1) is 0 Å². The normalized spacial score (nSPS) is 18.4. The lowest BCUT2D eigenvalue weighted by molar-refractivity contribution is 0.0747. The topological polar surface area (TPSA) is 46.3 Å². The van der Waals surface area contributed by atoms with Crippen molar-refractivity contribution in [3.63, 3.8) is 0 Å². The van der Waals surface area contributed by atoms with Gasteiger partial charge in [-0.1, -0.05) is 0 Å². The van der Waals surface area contributed by atoms with E-state index >= 15 is 0 Å². The van der Waals surface area contributed by atoms with Gasteiger partial charge in [0.25, 0.3) is 5.91 Å². The number of amides is 1. The van der Waals surface area contributed by atoms with Gasteiger partial charge >= 0.3 is 0 Å². The molecule has 1 heterocycles. The standard InChI is InChI=1S/C14H19FN2OS/c1-9-11(15)6-10(7-12(9)16)13(18)17-4-5-19-14(2,3)8-17/h6-7H,4-5,8,16H2,1-3H3. The van der Waals surface area contributed by atoms with Crippen LogP contribution < -0.4 is 5.73 Å². The van der Waals surface area contributed by atoms with Crippen molar-refractivity contribution in [1.29, 1.82) is 0 Å². The third-order valence-corrected chi connectivity index (χ3v) is 4.64. The van der Waals surface area contributed by atoms with Crippen LogP contribution in [0.1, 0.15) is 29.8 Å². The van der Waals surface area contributed by atoms with E-state index < -0.39 is 5.82 Å². The second-order valence-electron chi connectivity index (χ2n) is 5.51. The number of hydrogen-bond acceptors (Lipinski definition) is 3. The zero-order valence-electron chi connectivity index (χ0n) is 11.5. The molecule has 0 aromatic heterocycles. The molecular formula is C14H19FN2OS. The van der Waals surface area contributed by atoms with Gasteiger partial charge in [-0.05, 0) is 32.9 Å². The van der Waals surface area contributed by atoms with E-state index in [0.29, 0.717) is 29.9 Å². The average molecular weight is 282 g/mol. The van der Waals surface area contributed by atoms with Crippen molar-refractivity contribution in [3.05, 3.63) is 29.1 Å². The van der Waals surface area contributed by atoms with Crippen molar-refractivity contribution in [3.8, 4) is 0 Å². The van der Waals surface area contributed by atoms with Crippen LogP contribution in [-0.2, 0) is 0 Å². The van der Waals surface area contributed by atoms with E-state index in [1.54, 1.807) is 17.9 Å². The molecule has 1 aliphatic heterocycles. The minimum atomic E-state index is -0.422. The van der Waals surface area contributed by atoms with E-state index in [0.717, 1.165) is 5.75 Å². The molecule has 0 saturated carbocycles. The monoisotopic (exact) mass is 282 g/mol. The molecule has 1 fully saturated rings. The Kier molecular flexibility index (Phi) is 3.76. The maximum Gasteiger partial charge on any atom is 0.254 e. The van der Waals surface area contributed by atoms with Crippen LogP contribution in [-0.4, -0.2) is 34.4 Å². The van der Waals surface area contributed by atoms with Crippen LogP contribution >= 0.6 is 11.8 Å². The van der Waals surface area contributed by atoms with Gasteiger partial charge in [0, 0.05) is 40.4 Å². The summed E-state index contributed by atoms with van der Waals surface area (Å²) in [5.41, 5.74) is 6.79. The first-order valence-electron chi connectivity index (χ1n) is 6.29. The van der Waals surface area contributed by atoms with Crippen molar-refractivity contribution >= 4 is 23.4 Å². The Bertz CT molecular complexity index is 493. The molecule has 0 aliphatic carbocycles. The molecule has 104 valence electrons. The Hall–Kier alpha value is -1.23. The van der Waals surface area contributed by atoms with E-state index in [1.165, 1.54) is 6.07 Å². The third-order valence-electron chi connectivity index (χ3n) is 3.34. The first kappa shape index (κ1) is 14.2. The molecule has 5 heteroatoms. The zero-order valence-corrected chi connectivity index (χ0v) is 12.3. The molecule has 0 spiro atoms. The predicted molar refractivity (Wildman–Crippen MR) is 78.0 cm³/mol. The van der Waals surface area contributed by atoms with Gasteiger partial charge in [-0.25, -0.2) is 4.39 Å². The molecule has 0 radical (unpaired) electrons. The minimum absolute atomic E-state index is 0.0443. The first-order chi connectivity index (χ1) is 8.80.